The van der Waals surface area contributed by atoms with E-state index in [-0.39, 0.29) is 0 Å². The first kappa shape index (κ1) is 34.2. The second-order valence-electron chi connectivity index (χ2n) is 12.1. The fourth-order valence-electron chi connectivity index (χ4n) is 5.51. The topological polar surface area (TPSA) is 27.7 Å². The minimum atomic E-state index is 0.774. The zero-order chi connectivity index (χ0) is 31.5. The van der Waals surface area contributed by atoms with Crippen LogP contribution in [-0.2, 0) is 0 Å². The summed E-state index contributed by atoms with van der Waals surface area (Å²) in [7, 11) is 0. The summed E-state index contributed by atoms with van der Waals surface area (Å²) >= 11 is 0. The molecule has 0 radical (unpaired) electrons. The van der Waals surface area contributed by atoms with Gasteiger partial charge in [-0.3, -0.25) is 0 Å². The van der Waals surface area contributed by atoms with E-state index in [2.05, 4.69) is 112 Å². The molecule has 3 heteroatoms. The van der Waals surface area contributed by atoms with E-state index in [1.165, 1.54) is 91.2 Å². The molecule has 0 N–H and O–H groups in total. The van der Waals surface area contributed by atoms with Gasteiger partial charge in [0, 0.05) is 0 Å². The van der Waals surface area contributed by atoms with Gasteiger partial charge in [-0.1, -0.05) is 115 Å². The van der Waals surface area contributed by atoms with Crippen LogP contribution >= 0.6 is 0 Å². The van der Waals surface area contributed by atoms with Gasteiger partial charge in [0.05, 0.1) is 19.8 Å². The van der Waals surface area contributed by atoms with Crippen LogP contribution < -0.4 is 14.2 Å². The SMILES string of the molecule is CCCCCCOc1ccc(-c2cc(-c3ccc(OCCCCCC)cc3)cc(-c3ccc(OCCCCCC)cc3)c2)cc1. The molecule has 0 spiro atoms. The van der Waals surface area contributed by atoms with Crippen molar-refractivity contribution in [1.29, 1.82) is 0 Å². The van der Waals surface area contributed by atoms with Gasteiger partial charge in [0.2, 0.25) is 0 Å². The molecule has 45 heavy (non-hydrogen) atoms. The van der Waals surface area contributed by atoms with E-state index in [0.29, 0.717) is 0 Å². The van der Waals surface area contributed by atoms with E-state index in [1.54, 1.807) is 0 Å². The van der Waals surface area contributed by atoms with Gasteiger partial charge in [-0.05, 0) is 107 Å². The largest absolute Gasteiger partial charge is 0.494 e. The number of ether oxygens (including phenoxy) is 3. The van der Waals surface area contributed by atoms with Gasteiger partial charge in [-0.15, -0.1) is 0 Å². The Bertz CT molecular complexity index is 1170. The average molecular weight is 607 g/mol. The summed E-state index contributed by atoms with van der Waals surface area (Å²) in [6, 6.07) is 32.5. The lowest BCUT2D eigenvalue weighted by Crippen LogP contribution is -1.97. The molecule has 0 atom stereocenters. The van der Waals surface area contributed by atoms with Crippen molar-refractivity contribution in [3.8, 4) is 50.6 Å². The van der Waals surface area contributed by atoms with E-state index in [1.807, 2.05) is 0 Å². The summed E-state index contributed by atoms with van der Waals surface area (Å²) in [5.74, 6) is 2.80. The lowest BCUT2D eigenvalue weighted by atomic mass is 9.93. The van der Waals surface area contributed by atoms with Crippen molar-refractivity contribution in [2.45, 2.75) is 97.8 Å². The Morgan fingerprint density at radius 2 is 0.578 bits per heavy atom. The predicted molar refractivity (Wildman–Crippen MR) is 192 cm³/mol. The quantitative estimate of drug-likeness (QED) is 0.0883. The molecule has 0 heterocycles. The molecule has 4 aromatic rings. The van der Waals surface area contributed by atoms with Crippen LogP contribution in [-0.4, -0.2) is 19.8 Å². The van der Waals surface area contributed by atoms with Crippen molar-refractivity contribution in [3.63, 3.8) is 0 Å². The minimum Gasteiger partial charge on any atom is -0.494 e. The number of benzene rings is 4. The van der Waals surface area contributed by atoms with Crippen LogP contribution in [0.1, 0.15) is 97.8 Å². The Morgan fingerprint density at radius 3 is 0.822 bits per heavy atom. The molecular weight excluding hydrogens is 552 g/mol. The zero-order valence-electron chi connectivity index (χ0n) is 28.0. The maximum absolute atomic E-state index is 6.02. The molecule has 4 aromatic carbocycles. The third-order valence-electron chi connectivity index (χ3n) is 8.30. The fourth-order valence-corrected chi connectivity index (χ4v) is 5.51. The van der Waals surface area contributed by atoms with Crippen LogP contribution in [0.4, 0.5) is 0 Å². The second-order valence-corrected chi connectivity index (χ2v) is 12.1. The van der Waals surface area contributed by atoms with Crippen molar-refractivity contribution >= 4 is 0 Å². The first-order valence-electron chi connectivity index (χ1n) is 17.5. The molecule has 3 nitrogen and oxygen atoms in total. The van der Waals surface area contributed by atoms with E-state index in [0.717, 1.165) is 56.3 Å². The average Bonchev–Trinajstić information content (AvgIpc) is 3.08. The molecule has 0 amide bonds. The maximum atomic E-state index is 6.02. The second kappa shape index (κ2) is 19.6. The van der Waals surface area contributed by atoms with Crippen LogP contribution in [0, 0.1) is 0 Å². The van der Waals surface area contributed by atoms with Crippen molar-refractivity contribution in [2.24, 2.45) is 0 Å². The summed E-state index contributed by atoms with van der Waals surface area (Å²) in [5, 5.41) is 0. The monoisotopic (exact) mass is 606 g/mol. The van der Waals surface area contributed by atoms with Crippen molar-refractivity contribution < 1.29 is 14.2 Å². The number of hydrogen-bond donors (Lipinski definition) is 0. The van der Waals surface area contributed by atoms with Gasteiger partial charge in [0.25, 0.3) is 0 Å². The first-order chi connectivity index (χ1) is 22.2. The molecule has 0 unspecified atom stereocenters. The van der Waals surface area contributed by atoms with Crippen LogP contribution in [0.25, 0.3) is 33.4 Å². The number of unbranched alkanes of at least 4 members (excludes halogenated alkanes) is 9. The molecule has 0 bridgehead atoms. The third kappa shape index (κ3) is 11.6. The third-order valence-corrected chi connectivity index (χ3v) is 8.30. The lowest BCUT2D eigenvalue weighted by molar-refractivity contribution is 0.305. The Kier molecular flexibility index (Phi) is 14.9. The highest BCUT2D eigenvalue weighted by Gasteiger charge is 2.09. The predicted octanol–water partition coefficient (Wildman–Crippen LogP) is 12.6. The summed E-state index contributed by atoms with van der Waals surface area (Å²) in [6.45, 7) is 9.03. The highest BCUT2D eigenvalue weighted by molar-refractivity contribution is 5.81. The molecule has 0 saturated heterocycles. The summed E-state index contributed by atoms with van der Waals surface area (Å²) < 4.78 is 18.1. The molecular formula is C42H54O3. The van der Waals surface area contributed by atoms with E-state index >= 15 is 0 Å². The summed E-state index contributed by atoms with van der Waals surface area (Å²) in [4.78, 5) is 0. The minimum absolute atomic E-state index is 0.774. The first-order valence-corrected chi connectivity index (χ1v) is 17.5. The van der Waals surface area contributed by atoms with Gasteiger partial charge in [-0.2, -0.15) is 0 Å². The van der Waals surface area contributed by atoms with Gasteiger partial charge in [0.15, 0.2) is 0 Å². The van der Waals surface area contributed by atoms with Crippen molar-refractivity contribution in [2.75, 3.05) is 19.8 Å². The molecule has 0 saturated carbocycles. The molecule has 4 rings (SSSR count). The smallest absolute Gasteiger partial charge is 0.119 e. The number of rotatable bonds is 21. The molecule has 0 fully saturated rings. The van der Waals surface area contributed by atoms with Crippen molar-refractivity contribution in [1.82, 2.24) is 0 Å². The molecule has 0 aliphatic heterocycles. The maximum Gasteiger partial charge on any atom is 0.119 e. The van der Waals surface area contributed by atoms with Gasteiger partial charge in [-0.25, -0.2) is 0 Å². The highest BCUT2D eigenvalue weighted by atomic mass is 16.5. The van der Waals surface area contributed by atoms with Gasteiger partial charge >= 0.3 is 0 Å². The van der Waals surface area contributed by atoms with E-state index in [4.69, 9.17) is 14.2 Å². The normalized spacial score (nSPS) is 11.0. The Hall–Kier alpha value is -3.72. The highest BCUT2D eigenvalue weighted by Crippen LogP contribution is 2.35. The number of hydrogen-bond acceptors (Lipinski definition) is 3. The zero-order valence-corrected chi connectivity index (χ0v) is 28.0. The summed E-state index contributed by atoms with van der Waals surface area (Å²) in [6.07, 6.45) is 14.5. The molecule has 0 aliphatic rings. The van der Waals surface area contributed by atoms with E-state index < -0.39 is 0 Å². The molecule has 0 aliphatic carbocycles. The summed E-state index contributed by atoms with van der Waals surface area (Å²) in [5.41, 5.74) is 7.08. The Balaban J connectivity index is 1.53. The Labute approximate surface area is 273 Å². The lowest BCUT2D eigenvalue weighted by Gasteiger charge is -2.13. The molecule has 0 aromatic heterocycles. The van der Waals surface area contributed by atoms with Gasteiger partial charge in [0.1, 0.15) is 17.2 Å². The Morgan fingerprint density at radius 1 is 0.311 bits per heavy atom. The van der Waals surface area contributed by atoms with Crippen LogP contribution in [0.15, 0.2) is 91.0 Å². The fraction of sp³-hybridized carbons (Fsp3) is 0.429. The molecule has 240 valence electrons. The van der Waals surface area contributed by atoms with Crippen LogP contribution in [0.3, 0.4) is 0 Å². The van der Waals surface area contributed by atoms with Crippen LogP contribution in [0.2, 0.25) is 0 Å². The van der Waals surface area contributed by atoms with Crippen molar-refractivity contribution in [3.05, 3.63) is 91.0 Å². The van der Waals surface area contributed by atoms with Crippen LogP contribution in [0.5, 0.6) is 17.2 Å². The van der Waals surface area contributed by atoms with E-state index in [9.17, 15) is 0 Å². The van der Waals surface area contributed by atoms with Gasteiger partial charge < -0.3 is 14.2 Å². The standard InChI is InChI=1S/C42H54O3/c1-4-7-10-13-28-43-40-22-16-34(17-23-40)37-31-38(35-18-24-41(25-19-35)44-29-14-11-8-5-2)33-39(32-37)36-20-26-42(27-21-36)45-30-15-12-9-6-3/h16-27,31-33H,4-15,28-30H2,1-3H3.